The maximum absolute atomic E-state index is 12.6. The molecule has 30 heavy (non-hydrogen) atoms. The van der Waals surface area contributed by atoms with Crippen LogP contribution in [0.2, 0.25) is 0 Å². The molecular weight excluding hydrogens is 374 g/mol. The fourth-order valence-corrected chi connectivity index (χ4v) is 3.75. The molecule has 1 saturated heterocycles. The molecule has 2 aromatic carbocycles. The van der Waals surface area contributed by atoms with E-state index in [2.05, 4.69) is 43.0 Å². The van der Waals surface area contributed by atoms with Gasteiger partial charge in [-0.15, -0.1) is 0 Å². The lowest BCUT2D eigenvalue weighted by molar-refractivity contribution is -0.131. The summed E-state index contributed by atoms with van der Waals surface area (Å²) in [6.07, 6.45) is 3.26. The summed E-state index contributed by atoms with van der Waals surface area (Å²) in [4.78, 5) is 16.9. The number of ether oxygens (including phenoxy) is 1. The summed E-state index contributed by atoms with van der Waals surface area (Å²) in [6.45, 7) is 8.08. The summed E-state index contributed by atoms with van der Waals surface area (Å²) in [5.41, 5.74) is 4.13. The topological polar surface area (TPSA) is 56.6 Å². The van der Waals surface area contributed by atoms with Gasteiger partial charge in [0.25, 0.3) is 0 Å². The van der Waals surface area contributed by atoms with Crippen LogP contribution in [-0.2, 0) is 4.79 Å². The van der Waals surface area contributed by atoms with Crippen molar-refractivity contribution in [3.63, 3.8) is 0 Å². The first-order valence-electron chi connectivity index (χ1n) is 10.8. The molecule has 0 spiro atoms. The highest BCUT2D eigenvalue weighted by atomic mass is 16.5. The van der Waals surface area contributed by atoms with Crippen molar-refractivity contribution < 1.29 is 9.53 Å². The average molecular weight is 406 g/mol. The van der Waals surface area contributed by atoms with E-state index in [0.29, 0.717) is 18.6 Å². The Morgan fingerprint density at radius 1 is 1.03 bits per heavy atom. The Bertz CT molecular complexity index is 886. The van der Waals surface area contributed by atoms with Crippen LogP contribution in [0.5, 0.6) is 5.75 Å². The number of unbranched alkanes of at least 4 members (excludes halogenated alkanes) is 1. The summed E-state index contributed by atoms with van der Waals surface area (Å²) in [7, 11) is 0. The molecule has 1 aliphatic heterocycles. The van der Waals surface area contributed by atoms with E-state index < -0.39 is 0 Å². The van der Waals surface area contributed by atoms with Gasteiger partial charge >= 0.3 is 0 Å². The van der Waals surface area contributed by atoms with Crippen LogP contribution in [0.15, 0.2) is 42.5 Å². The number of carbonyl (C=O) groups excluding carboxylic acids is 1. The van der Waals surface area contributed by atoms with Gasteiger partial charge in [0.1, 0.15) is 5.75 Å². The summed E-state index contributed by atoms with van der Waals surface area (Å²) in [6, 6.07) is 16.1. The molecular formula is C25H31N3O2. The van der Waals surface area contributed by atoms with Gasteiger partial charge in [0, 0.05) is 38.3 Å². The third-order valence-electron chi connectivity index (χ3n) is 5.60. The van der Waals surface area contributed by atoms with Crippen molar-refractivity contribution in [2.75, 3.05) is 37.7 Å². The normalized spacial score (nSPS) is 14.2. The first kappa shape index (κ1) is 21.7. The fraction of sp³-hybridized carbons (Fsp3) is 0.440. The van der Waals surface area contributed by atoms with Crippen molar-refractivity contribution in [1.29, 1.82) is 5.26 Å². The molecule has 0 bridgehead atoms. The molecule has 0 atom stereocenters. The van der Waals surface area contributed by atoms with Gasteiger partial charge in [-0.25, -0.2) is 0 Å². The van der Waals surface area contributed by atoms with E-state index in [1.807, 2.05) is 29.2 Å². The first-order valence-corrected chi connectivity index (χ1v) is 10.8. The quantitative estimate of drug-likeness (QED) is 0.638. The summed E-state index contributed by atoms with van der Waals surface area (Å²) < 4.78 is 5.89. The molecule has 0 saturated carbocycles. The fourth-order valence-electron chi connectivity index (χ4n) is 3.75. The molecule has 1 aliphatic rings. The largest absolute Gasteiger partial charge is 0.493 e. The van der Waals surface area contributed by atoms with Crippen molar-refractivity contribution >= 4 is 11.6 Å². The van der Waals surface area contributed by atoms with Crippen molar-refractivity contribution in [1.82, 2.24) is 4.90 Å². The minimum atomic E-state index is 0.239. The smallest absolute Gasteiger partial charge is 0.222 e. The second-order valence-corrected chi connectivity index (χ2v) is 7.95. The zero-order valence-electron chi connectivity index (χ0n) is 18.1. The number of nitrogens with zero attached hydrogens (tertiary/aromatic N) is 3. The molecule has 1 fully saturated rings. The number of amides is 1. The number of nitriles is 1. The van der Waals surface area contributed by atoms with Gasteiger partial charge in [0.05, 0.1) is 18.2 Å². The molecule has 0 aliphatic carbocycles. The van der Waals surface area contributed by atoms with Gasteiger partial charge < -0.3 is 14.5 Å². The van der Waals surface area contributed by atoms with Crippen LogP contribution in [0.25, 0.3) is 0 Å². The van der Waals surface area contributed by atoms with Gasteiger partial charge in [0.2, 0.25) is 5.91 Å². The number of anilines is 1. The first-order chi connectivity index (χ1) is 14.6. The maximum atomic E-state index is 12.6. The highest BCUT2D eigenvalue weighted by Crippen LogP contribution is 2.20. The molecule has 1 heterocycles. The van der Waals surface area contributed by atoms with Crippen LogP contribution < -0.4 is 9.64 Å². The zero-order valence-corrected chi connectivity index (χ0v) is 18.1. The van der Waals surface area contributed by atoms with Gasteiger partial charge in [-0.1, -0.05) is 12.1 Å². The lowest BCUT2D eigenvalue weighted by atomic mass is 10.1. The number of aryl methyl sites for hydroxylation is 2. The zero-order chi connectivity index (χ0) is 21.3. The van der Waals surface area contributed by atoms with Crippen LogP contribution in [0.1, 0.15) is 42.4 Å². The molecule has 158 valence electrons. The van der Waals surface area contributed by atoms with E-state index in [9.17, 15) is 4.79 Å². The van der Waals surface area contributed by atoms with Crippen molar-refractivity contribution in [3.05, 3.63) is 59.2 Å². The molecule has 0 radical (unpaired) electrons. The summed E-state index contributed by atoms with van der Waals surface area (Å²) in [5, 5.41) is 8.95. The van der Waals surface area contributed by atoms with Crippen LogP contribution in [-0.4, -0.2) is 43.6 Å². The maximum Gasteiger partial charge on any atom is 0.222 e. The standard InChI is InChI=1S/C25H31N3O2/c1-20-7-8-21(2)24(18-20)30-17-4-3-6-25(29)28-14-5-13-27(15-16-28)23-11-9-22(19-26)10-12-23/h7-12,18H,3-6,13-17H2,1-2H3. The van der Waals surface area contributed by atoms with Gasteiger partial charge in [-0.2, -0.15) is 5.26 Å². The molecule has 5 heteroatoms. The number of hydrogen-bond donors (Lipinski definition) is 0. The highest BCUT2D eigenvalue weighted by molar-refractivity contribution is 5.76. The van der Waals surface area contributed by atoms with Crippen LogP contribution in [0, 0.1) is 25.2 Å². The molecule has 5 nitrogen and oxygen atoms in total. The minimum absolute atomic E-state index is 0.239. The van der Waals surface area contributed by atoms with E-state index in [-0.39, 0.29) is 5.91 Å². The molecule has 2 aromatic rings. The van der Waals surface area contributed by atoms with Crippen LogP contribution in [0.3, 0.4) is 0 Å². The predicted molar refractivity (Wildman–Crippen MR) is 120 cm³/mol. The molecule has 3 rings (SSSR count). The minimum Gasteiger partial charge on any atom is -0.493 e. The Kier molecular flexibility index (Phi) is 7.73. The second-order valence-electron chi connectivity index (χ2n) is 7.95. The third kappa shape index (κ3) is 6.00. The van der Waals surface area contributed by atoms with Gasteiger partial charge in [0.15, 0.2) is 0 Å². The average Bonchev–Trinajstić information content (AvgIpc) is 3.02. The van der Waals surface area contributed by atoms with E-state index in [4.69, 9.17) is 10.00 Å². The van der Waals surface area contributed by atoms with Crippen LogP contribution in [0.4, 0.5) is 5.69 Å². The Labute approximate surface area is 179 Å². The third-order valence-corrected chi connectivity index (χ3v) is 5.60. The number of benzene rings is 2. The monoisotopic (exact) mass is 405 g/mol. The van der Waals surface area contributed by atoms with Crippen molar-refractivity contribution in [3.8, 4) is 11.8 Å². The van der Waals surface area contributed by atoms with Crippen molar-refractivity contribution in [2.45, 2.75) is 39.5 Å². The summed E-state index contributed by atoms with van der Waals surface area (Å²) >= 11 is 0. The second kappa shape index (κ2) is 10.7. The Balaban J connectivity index is 1.39. The predicted octanol–water partition coefficient (Wildman–Crippen LogP) is 4.46. The lowest BCUT2D eigenvalue weighted by Crippen LogP contribution is -2.35. The number of carbonyl (C=O) groups is 1. The Morgan fingerprint density at radius 3 is 2.60 bits per heavy atom. The lowest BCUT2D eigenvalue weighted by Gasteiger charge is -2.24. The van der Waals surface area contributed by atoms with Crippen LogP contribution >= 0.6 is 0 Å². The molecule has 0 aromatic heterocycles. The molecule has 0 N–H and O–H groups in total. The SMILES string of the molecule is Cc1ccc(C)c(OCCCCC(=O)N2CCCN(c3ccc(C#N)cc3)CC2)c1. The van der Waals surface area contributed by atoms with Gasteiger partial charge in [-0.05, 0) is 74.6 Å². The molecule has 0 unspecified atom stereocenters. The highest BCUT2D eigenvalue weighted by Gasteiger charge is 2.19. The Morgan fingerprint density at radius 2 is 1.83 bits per heavy atom. The number of rotatable bonds is 7. The van der Waals surface area contributed by atoms with Crippen molar-refractivity contribution in [2.24, 2.45) is 0 Å². The summed E-state index contributed by atoms with van der Waals surface area (Å²) in [5.74, 6) is 1.18. The van der Waals surface area contributed by atoms with E-state index in [1.165, 1.54) is 5.56 Å². The van der Waals surface area contributed by atoms with E-state index in [1.54, 1.807) is 0 Å². The van der Waals surface area contributed by atoms with E-state index in [0.717, 1.165) is 62.4 Å². The number of hydrogen-bond acceptors (Lipinski definition) is 4. The Hall–Kier alpha value is -3.00. The van der Waals surface area contributed by atoms with Gasteiger partial charge in [-0.3, -0.25) is 4.79 Å². The van der Waals surface area contributed by atoms with E-state index >= 15 is 0 Å². The molecule has 1 amide bonds.